The number of nitrogens with zero attached hydrogens (tertiary/aromatic N) is 1. The van der Waals surface area contributed by atoms with E-state index in [-0.39, 0.29) is 17.5 Å². The molecule has 1 aromatic carbocycles. The maximum Gasteiger partial charge on any atom is 0.335 e. The van der Waals surface area contributed by atoms with E-state index in [1.165, 1.54) is 0 Å². The monoisotopic (exact) mass is 248 g/mol. The zero-order valence-electron chi connectivity index (χ0n) is 10.2. The molecule has 1 aliphatic heterocycles. The van der Waals surface area contributed by atoms with E-state index in [1.54, 1.807) is 30.0 Å². The lowest BCUT2D eigenvalue weighted by molar-refractivity contribution is -0.130. The first-order valence-electron chi connectivity index (χ1n) is 5.90. The molecule has 0 radical (unpaired) electrons. The summed E-state index contributed by atoms with van der Waals surface area (Å²) in [5.41, 5.74) is 1.18. The van der Waals surface area contributed by atoms with Crippen LogP contribution in [0.25, 0.3) is 0 Å². The van der Waals surface area contributed by atoms with Crippen molar-refractivity contribution in [3.8, 4) is 0 Å². The smallest absolute Gasteiger partial charge is 0.335 e. The second-order valence-corrected chi connectivity index (χ2v) is 4.40. The summed E-state index contributed by atoms with van der Waals surface area (Å²) >= 11 is 0. The summed E-state index contributed by atoms with van der Waals surface area (Å²) in [5.74, 6) is -0.882. The molecule has 1 amide bonds. The van der Waals surface area contributed by atoms with Gasteiger partial charge in [0.15, 0.2) is 0 Å². The molecule has 96 valence electrons. The molecular formula is C13H16N2O3. The number of amides is 1. The molecule has 1 heterocycles. The van der Waals surface area contributed by atoms with E-state index in [0.717, 1.165) is 12.1 Å². The molecule has 18 heavy (non-hydrogen) atoms. The van der Waals surface area contributed by atoms with Gasteiger partial charge >= 0.3 is 5.97 Å². The van der Waals surface area contributed by atoms with Gasteiger partial charge in [-0.3, -0.25) is 4.79 Å². The zero-order valence-corrected chi connectivity index (χ0v) is 10.2. The van der Waals surface area contributed by atoms with Crippen molar-refractivity contribution in [3.05, 3.63) is 35.4 Å². The topological polar surface area (TPSA) is 69.6 Å². The number of hydrogen-bond acceptors (Lipinski definition) is 3. The maximum atomic E-state index is 11.4. The molecule has 0 aromatic heterocycles. The van der Waals surface area contributed by atoms with E-state index >= 15 is 0 Å². The van der Waals surface area contributed by atoms with E-state index in [2.05, 4.69) is 5.32 Å². The van der Waals surface area contributed by atoms with Crippen molar-refractivity contribution in [3.63, 3.8) is 0 Å². The van der Waals surface area contributed by atoms with Gasteiger partial charge in [0.05, 0.1) is 5.56 Å². The predicted molar refractivity (Wildman–Crippen MR) is 66.4 cm³/mol. The van der Waals surface area contributed by atoms with Gasteiger partial charge in [0.1, 0.15) is 0 Å². The number of carboxylic acids is 1. The van der Waals surface area contributed by atoms with Crippen molar-refractivity contribution in [2.45, 2.75) is 13.0 Å². The van der Waals surface area contributed by atoms with Crippen LogP contribution in [0.4, 0.5) is 0 Å². The highest BCUT2D eigenvalue weighted by atomic mass is 16.4. The van der Waals surface area contributed by atoms with Gasteiger partial charge in [-0.2, -0.15) is 0 Å². The molecule has 2 rings (SSSR count). The number of rotatable bonds is 2. The van der Waals surface area contributed by atoms with Crippen LogP contribution in [0.5, 0.6) is 0 Å². The number of carbonyl (C=O) groups excluding carboxylic acids is 1. The van der Waals surface area contributed by atoms with Crippen LogP contribution in [-0.2, 0) is 4.79 Å². The molecule has 0 aliphatic carbocycles. The fourth-order valence-electron chi connectivity index (χ4n) is 2.15. The molecule has 1 saturated heterocycles. The van der Waals surface area contributed by atoms with E-state index in [9.17, 15) is 9.59 Å². The van der Waals surface area contributed by atoms with Crippen molar-refractivity contribution in [2.75, 3.05) is 19.6 Å². The van der Waals surface area contributed by atoms with E-state index in [4.69, 9.17) is 5.11 Å². The Morgan fingerprint density at radius 1 is 1.44 bits per heavy atom. The van der Waals surface area contributed by atoms with Crippen LogP contribution >= 0.6 is 0 Å². The van der Waals surface area contributed by atoms with Gasteiger partial charge in [-0.15, -0.1) is 0 Å². The van der Waals surface area contributed by atoms with Crippen molar-refractivity contribution < 1.29 is 14.7 Å². The SMILES string of the molecule is CC(=O)N1CCN[C@H](c2cccc(C(=O)O)c2)C1. The Hall–Kier alpha value is -1.88. The summed E-state index contributed by atoms with van der Waals surface area (Å²) in [4.78, 5) is 24.1. The number of carboxylic acid groups (broad SMARTS) is 1. The highest BCUT2D eigenvalue weighted by molar-refractivity contribution is 5.87. The Labute approximate surface area is 105 Å². The van der Waals surface area contributed by atoms with Crippen LogP contribution in [0.3, 0.4) is 0 Å². The summed E-state index contributed by atoms with van der Waals surface area (Å²) in [7, 11) is 0. The minimum absolute atomic E-state index is 0.00181. The molecule has 5 nitrogen and oxygen atoms in total. The number of aromatic carboxylic acids is 1. The van der Waals surface area contributed by atoms with Gasteiger partial charge in [0.25, 0.3) is 0 Å². The van der Waals surface area contributed by atoms with Crippen LogP contribution in [0.15, 0.2) is 24.3 Å². The quantitative estimate of drug-likeness (QED) is 0.815. The molecular weight excluding hydrogens is 232 g/mol. The predicted octanol–water partition coefficient (Wildman–Crippen LogP) is 0.878. The molecule has 2 N–H and O–H groups in total. The average Bonchev–Trinajstić information content (AvgIpc) is 2.39. The number of hydrogen-bond donors (Lipinski definition) is 2. The molecule has 1 fully saturated rings. The third kappa shape index (κ3) is 2.68. The first-order valence-corrected chi connectivity index (χ1v) is 5.90. The largest absolute Gasteiger partial charge is 0.478 e. The normalized spacial score (nSPS) is 19.6. The Bertz CT molecular complexity index is 473. The van der Waals surface area contributed by atoms with Crippen molar-refractivity contribution in [2.24, 2.45) is 0 Å². The molecule has 1 atom stereocenters. The summed E-state index contributed by atoms with van der Waals surface area (Å²) < 4.78 is 0. The van der Waals surface area contributed by atoms with Gasteiger partial charge in [-0.25, -0.2) is 4.79 Å². The van der Waals surface area contributed by atoms with Crippen LogP contribution < -0.4 is 5.32 Å². The summed E-state index contributed by atoms with van der Waals surface area (Å²) in [5, 5.41) is 12.3. The molecule has 5 heteroatoms. The van der Waals surface area contributed by atoms with Crippen molar-refractivity contribution >= 4 is 11.9 Å². The Morgan fingerprint density at radius 3 is 2.89 bits per heavy atom. The fraction of sp³-hybridized carbons (Fsp3) is 0.385. The number of piperazine rings is 1. The summed E-state index contributed by atoms with van der Waals surface area (Å²) in [6, 6.07) is 6.84. The lowest BCUT2D eigenvalue weighted by Crippen LogP contribution is -2.47. The highest BCUT2D eigenvalue weighted by Gasteiger charge is 2.22. The third-order valence-corrected chi connectivity index (χ3v) is 3.16. The molecule has 0 unspecified atom stereocenters. The second-order valence-electron chi connectivity index (χ2n) is 4.40. The Morgan fingerprint density at radius 2 is 2.22 bits per heavy atom. The molecule has 0 saturated carbocycles. The molecule has 1 aliphatic rings. The fourth-order valence-corrected chi connectivity index (χ4v) is 2.15. The van der Waals surface area contributed by atoms with Gasteiger partial charge in [-0.05, 0) is 17.7 Å². The maximum absolute atomic E-state index is 11.4. The summed E-state index contributed by atoms with van der Waals surface area (Å²) in [6.45, 7) is 3.56. The molecule has 0 bridgehead atoms. The Kier molecular flexibility index (Phi) is 3.62. The third-order valence-electron chi connectivity index (χ3n) is 3.16. The first-order chi connectivity index (χ1) is 8.58. The van der Waals surface area contributed by atoms with E-state index in [0.29, 0.717) is 13.1 Å². The zero-order chi connectivity index (χ0) is 13.1. The summed E-state index contributed by atoms with van der Waals surface area (Å²) in [6.07, 6.45) is 0. The van der Waals surface area contributed by atoms with Gasteiger partial charge < -0.3 is 15.3 Å². The first kappa shape index (κ1) is 12.6. The van der Waals surface area contributed by atoms with Gasteiger partial charge in [0, 0.05) is 32.6 Å². The van der Waals surface area contributed by atoms with E-state index < -0.39 is 5.97 Å². The number of benzene rings is 1. The minimum Gasteiger partial charge on any atom is -0.478 e. The second kappa shape index (κ2) is 5.18. The van der Waals surface area contributed by atoms with Crippen LogP contribution in [0, 0.1) is 0 Å². The average molecular weight is 248 g/mol. The molecule has 1 aromatic rings. The van der Waals surface area contributed by atoms with E-state index in [1.807, 2.05) is 6.07 Å². The van der Waals surface area contributed by atoms with Crippen molar-refractivity contribution in [1.82, 2.24) is 10.2 Å². The number of carbonyl (C=O) groups is 2. The van der Waals surface area contributed by atoms with Crippen LogP contribution in [0.1, 0.15) is 28.9 Å². The Balaban J connectivity index is 2.18. The standard InChI is InChI=1S/C13H16N2O3/c1-9(16)15-6-5-14-12(8-15)10-3-2-4-11(7-10)13(17)18/h2-4,7,12,14H,5-6,8H2,1H3,(H,17,18)/t12-/m0/s1. The highest BCUT2D eigenvalue weighted by Crippen LogP contribution is 2.18. The van der Waals surface area contributed by atoms with Crippen LogP contribution in [-0.4, -0.2) is 41.5 Å². The minimum atomic E-state index is -0.934. The van der Waals surface area contributed by atoms with Crippen LogP contribution in [0.2, 0.25) is 0 Å². The van der Waals surface area contributed by atoms with Gasteiger partial charge in [0.2, 0.25) is 5.91 Å². The lowest BCUT2D eigenvalue weighted by Gasteiger charge is -2.33. The van der Waals surface area contributed by atoms with Gasteiger partial charge in [-0.1, -0.05) is 12.1 Å². The molecule has 0 spiro atoms. The lowest BCUT2D eigenvalue weighted by atomic mass is 10.0. The van der Waals surface area contributed by atoms with Crippen molar-refractivity contribution in [1.29, 1.82) is 0 Å². The number of nitrogens with one attached hydrogen (secondary N) is 1.